The second-order valence-electron chi connectivity index (χ2n) is 5.26. The molecule has 0 aliphatic heterocycles. The van der Waals surface area contributed by atoms with Crippen LogP contribution in [-0.2, 0) is 10.2 Å². The van der Waals surface area contributed by atoms with Gasteiger partial charge in [-0.25, -0.2) is 0 Å². The molecule has 1 aliphatic rings. The van der Waals surface area contributed by atoms with Gasteiger partial charge in [-0.3, -0.25) is 4.79 Å². The highest BCUT2D eigenvalue weighted by Crippen LogP contribution is 2.54. The molecule has 19 heavy (non-hydrogen) atoms. The first-order chi connectivity index (χ1) is 8.95. The van der Waals surface area contributed by atoms with Crippen molar-refractivity contribution in [1.29, 1.82) is 0 Å². The van der Waals surface area contributed by atoms with Crippen LogP contribution in [0.25, 0.3) is 0 Å². The molecule has 0 heterocycles. The van der Waals surface area contributed by atoms with Crippen molar-refractivity contribution < 1.29 is 19.4 Å². The van der Waals surface area contributed by atoms with E-state index in [2.05, 4.69) is 0 Å². The zero-order chi connectivity index (χ0) is 14.2. The van der Waals surface area contributed by atoms with Crippen molar-refractivity contribution in [3.63, 3.8) is 0 Å². The van der Waals surface area contributed by atoms with Gasteiger partial charge in [-0.05, 0) is 49.4 Å². The zero-order valence-electron chi connectivity index (χ0n) is 11.9. The van der Waals surface area contributed by atoms with Crippen molar-refractivity contribution >= 4 is 5.97 Å². The van der Waals surface area contributed by atoms with Crippen molar-refractivity contribution in [1.82, 2.24) is 0 Å². The average molecular weight is 264 g/mol. The maximum absolute atomic E-state index is 11.0. The Kier molecular flexibility index (Phi) is 3.43. The van der Waals surface area contributed by atoms with E-state index in [0.29, 0.717) is 5.75 Å². The fourth-order valence-corrected chi connectivity index (χ4v) is 2.80. The standard InChI is InChI=1S/C15H20O4/c1-9-10(2)14(19-4)12(18-3)7-11(9)15(5-6-15)8-13(16)17/h7H,5-6,8H2,1-4H3,(H,16,17). The van der Waals surface area contributed by atoms with Crippen LogP contribution < -0.4 is 9.47 Å². The molecule has 0 atom stereocenters. The van der Waals surface area contributed by atoms with Crippen LogP contribution in [-0.4, -0.2) is 25.3 Å². The van der Waals surface area contributed by atoms with Crippen molar-refractivity contribution in [2.75, 3.05) is 14.2 Å². The zero-order valence-corrected chi connectivity index (χ0v) is 11.9. The van der Waals surface area contributed by atoms with Gasteiger partial charge in [-0.2, -0.15) is 0 Å². The molecule has 1 N–H and O–H groups in total. The summed E-state index contributed by atoms with van der Waals surface area (Å²) in [5.74, 6) is 0.663. The minimum Gasteiger partial charge on any atom is -0.493 e. The van der Waals surface area contributed by atoms with Crippen molar-refractivity contribution in [3.05, 3.63) is 22.8 Å². The molecule has 1 aromatic carbocycles. The summed E-state index contributed by atoms with van der Waals surface area (Å²) in [6.07, 6.45) is 2.03. The molecule has 4 nitrogen and oxygen atoms in total. The molecule has 0 bridgehead atoms. The van der Waals surface area contributed by atoms with Crippen molar-refractivity contribution in [2.24, 2.45) is 0 Å². The third-order valence-corrected chi connectivity index (χ3v) is 4.14. The number of aliphatic carboxylic acids is 1. The van der Waals surface area contributed by atoms with E-state index in [1.165, 1.54) is 0 Å². The van der Waals surface area contributed by atoms with Crippen LogP contribution in [0.2, 0.25) is 0 Å². The van der Waals surface area contributed by atoms with E-state index in [1.54, 1.807) is 14.2 Å². The highest BCUT2D eigenvalue weighted by molar-refractivity contribution is 5.71. The number of carbonyl (C=O) groups is 1. The van der Waals surface area contributed by atoms with E-state index in [9.17, 15) is 4.79 Å². The summed E-state index contributed by atoms with van der Waals surface area (Å²) in [5.41, 5.74) is 3.01. The predicted octanol–water partition coefficient (Wildman–Crippen LogP) is 2.83. The highest BCUT2D eigenvalue weighted by atomic mass is 16.5. The van der Waals surface area contributed by atoms with E-state index < -0.39 is 5.97 Å². The summed E-state index contributed by atoms with van der Waals surface area (Å²) in [7, 11) is 3.22. The van der Waals surface area contributed by atoms with Gasteiger partial charge in [-0.1, -0.05) is 0 Å². The molecule has 1 fully saturated rings. The van der Waals surface area contributed by atoms with Gasteiger partial charge in [0, 0.05) is 5.41 Å². The summed E-state index contributed by atoms with van der Waals surface area (Å²) in [6.45, 7) is 4.01. The molecule has 0 saturated heterocycles. The molecule has 0 radical (unpaired) electrons. The lowest BCUT2D eigenvalue weighted by Crippen LogP contribution is -2.15. The number of ether oxygens (including phenoxy) is 2. The largest absolute Gasteiger partial charge is 0.493 e. The molecule has 1 aromatic rings. The van der Waals surface area contributed by atoms with Gasteiger partial charge in [-0.15, -0.1) is 0 Å². The molecule has 104 valence electrons. The van der Waals surface area contributed by atoms with Gasteiger partial charge in [0.15, 0.2) is 11.5 Å². The summed E-state index contributed by atoms with van der Waals surface area (Å²) >= 11 is 0. The topological polar surface area (TPSA) is 55.8 Å². The number of hydrogen-bond acceptors (Lipinski definition) is 3. The Labute approximate surface area is 113 Å². The van der Waals surface area contributed by atoms with E-state index >= 15 is 0 Å². The monoisotopic (exact) mass is 264 g/mol. The minimum atomic E-state index is -0.746. The highest BCUT2D eigenvalue weighted by Gasteiger charge is 2.47. The lowest BCUT2D eigenvalue weighted by molar-refractivity contribution is -0.137. The number of carboxylic acid groups (broad SMARTS) is 1. The maximum Gasteiger partial charge on any atom is 0.304 e. The Bertz CT molecular complexity index is 515. The second kappa shape index (κ2) is 4.76. The summed E-state index contributed by atoms with van der Waals surface area (Å²) in [5, 5.41) is 9.08. The molecular formula is C15H20O4. The van der Waals surface area contributed by atoms with E-state index in [4.69, 9.17) is 14.6 Å². The first kappa shape index (κ1) is 13.7. The van der Waals surface area contributed by atoms with E-state index in [-0.39, 0.29) is 11.8 Å². The molecule has 1 aliphatic carbocycles. The Morgan fingerprint density at radius 1 is 1.26 bits per heavy atom. The Morgan fingerprint density at radius 2 is 1.89 bits per heavy atom. The van der Waals surface area contributed by atoms with Crippen LogP contribution in [0.1, 0.15) is 36.0 Å². The first-order valence-corrected chi connectivity index (χ1v) is 6.39. The molecule has 0 amide bonds. The summed E-state index contributed by atoms with van der Waals surface area (Å²) in [6, 6.07) is 1.94. The first-order valence-electron chi connectivity index (χ1n) is 6.39. The quantitative estimate of drug-likeness (QED) is 0.888. The van der Waals surface area contributed by atoms with E-state index in [1.807, 2.05) is 19.9 Å². The van der Waals surface area contributed by atoms with Crippen molar-refractivity contribution in [3.8, 4) is 11.5 Å². The predicted molar refractivity (Wildman–Crippen MR) is 72.2 cm³/mol. The smallest absolute Gasteiger partial charge is 0.304 e. The fraction of sp³-hybridized carbons (Fsp3) is 0.533. The van der Waals surface area contributed by atoms with E-state index in [0.717, 1.165) is 35.3 Å². The number of methoxy groups -OCH3 is 2. The lowest BCUT2D eigenvalue weighted by atomic mass is 9.86. The molecule has 0 spiro atoms. The van der Waals surface area contributed by atoms with Gasteiger partial charge >= 0.3 is 5.97 Å². The van der Waals surface area contributed by atoms with Crippen LogP contribution in [0.15, 0.2) is 6.07 Å². The fourth-order valence-electron chi connectivity index (χ4n) is 2.80. The van der Waals surface area contributed by atoms with Crippen LogP contribution in [0, 0.1) is 13.8 Å². The summed E-state index contributed by atoms with van der Waals surface area (Å²) < 4.78 is 10.7. The SMILES string of the molecule is COc1cc(C2(CC(=O)O)CC2)c(C)c(C)c1OC. The van der Waals surface area contributed by atoms with Gasteiger partial charge < -0.3 is 14.6 Å². The third kappa shape index (κ3) is 2.27. The molecule has 2 rings (SSSR count). The molecule has 0 unspecified atom stereocenters. The average Bonchev–Trinajstić information content (AvgIpc) is 3.11. The lowest BCUT2D eigenvalue weighted by Gasteiger charge is -2.21. The Balaban J connectivity index is 2.53. The maximum atomic E-state index is 11.0. The minimum absolute atomic E-state index is 0.183. The molecule has 4 heteroatoms. The van der Waals surface area contributed by atoms with Gasteiger partial charge in [0.25, 0.3) is 0 Å². The number of benzene rings is 1. The Hall–Kier alpha value is -1.71. The Morgan fingerprint density at radius 3 is 2.32 bits per heavy atom. The van der Waals surface area contributed by atoms with Gasteiger partial charge in [0.2, 0.25) is 0 Å². The number of carboxylic acids is 1. The van der Waals surface area contributed by atoms with Crippen LogP contribution >= 0.6 is 0 Å². The summed E-state index contributed by atoms with van der Waals surface area (Å²) in [4.78, 5) is 11.0. The third-order valence-electron chi connectivity index (χ3n) is 4.14. The molecule has 0 aromatic heterocycles. The normalized spacial score (nSPS) is 16.0. The van der Waals surface area contributed by atoms with Crippen molar-refractivity contribution in [2.45, 2.75) is 38.5 Å². The number of hydrogen-bond donors (Lipinski definition) is 1. The van der Waals surface area contributed by atoms with Crippen LogP contribution in [0.5, 0.6) is 11.5 Å². The van der Waals surface area contributed by atoms with Crippen LogP contribution in [0.4, 0.5) is 0 Å². The number of rotatable bonds is 5. The van der Waals surface area contributed by atoms with Gasteiger partial charge in [0.05, 0.1) is 20.6 Å². The molecular weight excluding hydrogens is 244 g/mol. The van der Waals surface area contributed by atoms with Crippen LogP contribution in [0.3, 0.4) is 0 Å². The van der Waals surface area contributed by atoms with Gasteiger partial charge in [0.1, 0.15) is 0 Å². The molecule has 1 saturated carbocycles. The second-order valence-corrected chi connectivity index (χ2v) is 5.26.